The Balaban J connectivity index is 2.63. The van der Waals surface area contributed by atoms with E-state index < -0.39 is 4.92 Å². The maximum Gasteiger partial charge on any atom is 0.288 e. The van der Waals surface area contributed by atoms with E-state index in [2.05, 4.69) is 19.2 Å². The summed E-state index contributed by atoms with van der Waals surface area (Å²) < 4.78 is 0. The SMILES string of the molecule is CC(C)CCNc1ccc([N+](=O)[O-])c(Cl)c1. The zero-order valence-electron chi connectivity index (χ0n) is 9.37. The molecule has 0 radical (unpaired) electrons. The maximum atomic E-state index is 10.5. The molecule has 4 nitrogen and oxygen atoms in total. The summed E-state index contributed by atoms with van der Waals surface area (Å²) in [6.45, 7) is 5.13. The number of nitrogens with zero attached hydrogens (tertiary/aromatic N) is 1. The van der Waals surface area contributed by atoms with Crippen LogP contribution in [-0.2, 0) is 0 Å². The highest BCUT2D eigenvalue weighted by atomic mass is 35.5. The van der Waals surface area contributed by atoms with Gasteiger partial charge >= 0.3 is 0 Å². The summed E-state index contributed by atoms with van der Waals surface area (Å²) >= 11 is 5.78. The Hall–Kier alpha value is -1.29. The van der Waals surface area contributed by atoms with Crippen molar-refractivity contribution in [2.24, 2.45) is 5.92 Å². The molecule has 1 aromatic rings. The van der Waals surface area contributed by atoms with Crippen LogP contribution in [0.3, 0.4) is 0 Å². The number of anilines is 1. The van der Waals surface area contributed by atoms with Crippen LogP contribution in [0.1, 0.15) is 20.3 Å². The Morgan fingerprint density at radius 3 is 2.69 bits per heavy atom. The molecule has 1 N–H and O–H groups in total. The van der Waals surface area contributed by atoms with Crippen LogP contribution in [0.4, 0.5) is 11.4 Å². The van der Waals surface area contributed by atoms with Crippen molar-refractivity contribution in [1.29, 1.82) is 0 Å². The van der Waals surface area contributed by atoms with Gasteiger partial charge in [0.25, 0.3) is 5.69 Å². The summed E-state index contributed by atoms with van der Waals surface area (Å²) in [6, 6.07) is 4.67. The number of nitro groups is 1. The molecule has 0 unspecified atom stereocenters. The van der Waals surface area contributed by atoms with Crippen LogP contribution in [0.2, 0.25) is 5.02 Å². The average Bonchev–Trinajstić information content (AvgIpc) is 2.16. The van der Waals surface area contributed by atoms with E-state index in [4.69, 9.17) is 11.6 Å². The van der Waals surface area contributed by atoms with E-state index in [-0.39, 0.29) is 10.7 Å². The number of rotatable bonds is 5. The fraction of sp³-hybridized carbons (Fsp3) is 0.455. The largest absolute Gasteiger partial charge is 0.385 e. The van der Waals surface area contributed by atoms with Crippen LogP contribution in [0.15, 0.2) is 18.2 Å². The summed E-state index contributed by atoms with van der Waals surface area (Å²) in [7, 11) is 0. The number of nitro benzene ring substituents is 1. The molecule has 88 valence electrons. The molecule has 0 spiro atoms. The smallest absolute Gasteiger partial charge is 0.288 e. The zero-order valence-corrected chi connectivity index (χ0v) is 10.1. The Morgan fingerprint density at radius 1 is 1.50 bits per heavy atom. The molecule has 0 aromatic heterocycles. The topological polar surface area (TPSA) is 55.2 Å². The van der Waals surface area contributed by atoms with Gasteiger partial charge in [0, 0.05) is 18.3 Å². The van der Waals surface area contributed by atoms with Crippen molar-refractivity contribution < 1.29 is 4.92 Å². The summed E-state index contributed by atoms with van der Waals surface area (Å²) in [5.74, 6) is 0.626. The number of benzene rings is 1. The molecule has 0 aliphatic heterocycles. The van der Waals surface area contributed by atoms with Crippen molar-refractivity contribution in [2.75, 3.05) is 11.9 Å². The standard InChI is InChI=1S/C11H15ClN2O2/c1-8(2)5-6-13-9-3-4-11(14(15)16)10(12)7-9/h3-4,7-8,13H,5-6H2,1-2H3. The zero-order chi connectivity index (χ0) is 12.1. The normalized spacial score (nSPS) is 10.5. The van der Waals surface area contributed by atoms with E-state index >= 15 is 0 Å². The van der Waals surface area contributed by atoms with Gasteiger partial charge in [-0.25, -0.2) is 0 Å². The summed E-state index contributed by atoms with van der Waals surface area (Å²) in [5.41, 5.74) is 0.757. The lowest BCUT2D eigenvalue weighted by Gasteiger charge is -2.08. The molecule has 0 saturated heterocycles. The van der Waals surface area contributed by atoms with Gasteiger partial charge in [-0.2, -0.15) is 0 Å². The predicted octanol–water partition coefficient (Wildman–Crippen LogP) is 3.71. The minimum absolute atomic E-state index is 0.0592. The van der Waals surface area contributed by atoms with E-state index in [1.807, 2.05) is 0 Å². The molecule has 0 heterocycles. The molecule has 0 atom stereocenters. The second-order valence-electron chi connectivity index (χ2n) is 4.03. The van der Waals surface area contributed by atoms with Crippen molar-refractivity contribution in [3.63, 3.8) is 0 Å². The van der Waals surface area contributed by atoms with E-state index in [1.54, 1.807) is 12.1 Å². The molecule has 0 amide bonds. The molecule has 1 aromatic carbocycles. The van der Waals surface area contributed by atoms with Crippen molar-refractivity contribution in [1.82, 2.24) is 0 Å². The first kappa shape index (κ1) is 12.8. The van der Waals surface area contributed by atoms with Gasteiger partial charge in [-0.1, -0.05) is 25.4 Å². The molecule has 16 heavy (non-hydrogen) atoms. The summed E-state index contributed by atoms with van der Waals surface area (Å²) in [5, 5.41) is 13.9. The summed E-state index contributed by atoms with van der Waals surface area (Å²) in [6.07, 6.45) is 1.05. The van der Waals surface area contributed by atoms with Gasteiger partial charge in [-0.3, -0.25) is 10.1 Å². The minimum atomic E-state index is -0.486. The van der Waals surface area contributed by atoms with Gasteiger partial charge in [0.2, 0.25) is 0 Å². The fourth-order valence-electron chi connectivity index (χ4n) is 1.27. The average molecular weight is 243 g/mol. The number of hydrogen-bond donors (Lipinski definition) is 1. The van der Waals surface area contributed by atoms with E-state index in [9.17, 15) is 10.1 Å². The summed E-state index contributed by atoms with van der Waals surface area (Å²) in [4.78, 5) is 10.1. The molecule has 5 heteroatoms. The van der Waals surface area contributed by atoms with Gasteiger partial charge < -0.3 is 5.32 Å². The maximum absolute atomic E-state index is 10.5. The number of nitrogens with one attached hydrogen (secondary N) is 1. The Labute approximate surface area is 99.8 Å². The molecule has 0 bridgehead atoms. The van der Waals surface area contributed by atoms with Crippen molar-refractivity contribution in [3.8, 4) is 0 Å². The van der Waals surface area contributed by atoms with E-state index in [0.717, 1.165) is 18.7 Å². The number of hydrogen-bond acceptors (Lipinski definition) is 3. The molecular formula is C11H15ClN2O2. The molecule has 0 aliphatic carbocycles. The van der Waals surface area contributed by atoms with Crippen LogP contribution in [0, 0.1) is 16.0 Å². The highest BCUT2D eigenvalue weighted by Crippen LogP contribution is 2.27. The highest BCUT2D eigenvalue weighted by Gasteiger charge is 2.11. The molecule has 0 aliphatic rings. The van der Waals surface area contributed by atoms with Gasteiger partial charge in [0.05, 0.1) is 4.92 Å². The van der Waals surface area contributed by atoms with Crippen molar-refractivity contribution in [2.45, 2.75) is 20.3 Å². The third-order valence-electron chi connectivity index (χ3n) is 2.20. The quantitative estimate of drug-likeness (QED) is 0.633. The third kappa shape index (κ3) is 3.70. The second-order valence-corrected chi connectivity index (χ2v) is 4.44. The van der Waals surface area contributed by atoms with Crippen LogP contribution >= 0.6 is 11.6 Å². The van der Waals surface area contributed by atoms with Crippen molar-refractivity contribution >= 4 is 23.0 Å². The van der Waals surface area contributed by atoms with Crippen molar-refractivity contribution in [3.05, 3.63) is 33.3 Å². The Morgan fingerprint density at radius 2 is 2.19 bits per heavy atom. The van der Waals surface area contributed by atoms with E-state index in [1.165, 1.54) is 6.07 Å². The molecular weight excluding hydrogens is 228 g/mol. The Kier molecular flexibility index (Phi) is 4.55. The first-order valence-electron chi connectivity index (χ1n) is 5.18. The van der Waals surface area contributed by atoms with Crippen LogP contribution in [-0.4, -0.2) is 11.5 Å². The fourth-order valence-corrected chi connectivity index (χ4v) is 1.52. The van der Waals surface area contributed by atoms with Gasteiger partial charge in [0.15, 0.2) is 0 Å². The molecule has 1 rings (SSSR count). The third-order valence-corrected chi connectivity index (χ3v) is 2.50. The van der Waals surface area contributed by atoms with E-state index in [0.29, 0.717) is 5.92 Å². The number of halogens is 1. The highest BCUT2D eigenvalue weighted by molar-refractivity contribution is 6.32. The molecule has 0 fully saturated rings. The monoisotopic (exact) mass is 242 g/mol. The predicted molar refractivity (Wildman–Crippen MR) is 66.1 cm³/mol. The Bertz CT molecular complexity index is 380. The van der Waals surface area contributed by atoms with Gasteiger partial charge in [0.1, 0.15) is 5.02 Å². The van der Waals surface area contributed by atoms with Crippen LogP contribution < -0.4 is 5.32 Å². The lowest BCUT2D eigenvalue weighted by atomic mass is 10.1. The second kappa shape index (κ2) is 5.70. The van der Waals surface area contributed by atoms with Gasteiger partial charge in [-0.05, 0) is 24.5 Å². The first-order chi connectivity index (χ1) is 7.50. The lowest BCUT2D eigenvalue weighted by Crippen LogP contribution is -2.04. The van der Waals surface area contributed by atoms with Gasteiger partial charge in [-0.15, -0.1) is 0 Å². The minimum Gasteiger partial charge on any atom is -0.385 e. The first-order valence-corrected chi connectivity index (χ1v) is 5.56. The van der Waals surface area contributed by atoms with Crippen LogP contribution in [0.25, 0.3) is 0 Å². The van der Waals surface area contributed by atoms with Crippen LogP contribution in [0.5, 0.6) is 0 Å². The molecule has 0 saturated carbocycles. The lowest BCUT2D eigenvalue weighted by molar-refractivity contribution is -0.384.